The largest absolute Gasteiger partial charge is 0.389 e. The van der Waals surface area contributed by atoms with Gasteiger partial charge in [-0.3, -0.25) is 4.99 Å². The Bertz CT molecular complexity index is 511. The predicted octanol–water partition coefficient (Wildman–Crippen LogP) is 3.92. The minimum Gasteiger partial charge on any atom is -0.357 e. The van der Waals surface area contributed by atoms with Gasteiger partial charge in [0.15, 0.2) is 5.96 Å². The molecule has 1 N–H and O–H groups in total. The Balaban J connectivity index is 2.55. The van der Waals surface area contributed by atoms with E-state index in [4.69, 9.17) is 0 Å². The zero-order chi connectivity index (χ0) is 17.5. The summed E-state index contributed by atoms with van der Waals surface area (Å²) in [5.41, 5.74) is 1.11. The number of aryl methyl sites for hydroxylation is 1. The first kappa shape index (κ1) is 19.9. The highest BCUT2D eigenvalue weighted by molar-refractivity contribution is 9.10. The van der Waals surface area contributed by atoms with Crippen LogP contribution in [0.2, 0.25) is 0 Å². The van der Waals surface area contributed by atoms with Gasteiger partial charge in [-0.25, -0.2) is 0 Å². The third kappa shape index (κ3) is 7.76. The third-order valence-electron chi connectivity index (χ3n) is 3.30. The Morgan fingerprint density at radius 1 is 1.39 bits per heavy atom. The fourth-order valence-corrected chi connectivity index (χ4v) is 2.70. The summed E-state index contributed by atoms with van der Waals surface area (Å²) in [5.74, 6) is 0.705. The molecule has 0 aliphatic carbocycles. The average molecular weight is 397 g/mol. The van der Waals surface area contributed by atoms with Gasteiger partial charge in [0.1, 0.15) is 0 Å². The van der Waals surface area contributed by atoms with Crippen molar-refractivity contribution in [1.82, 2.24) is 14.8 Å². The van der Waals surface area contributed by atoms with E-state index in [9.17, 15) is 13.2 Å². The third-order valence-corrected chi connectivity index (χ3v) is 3.73. The molecule has 0 atom stereocenters. The molecule has 132 valence electrons. The van der Waals surface area contributed by atoms with E-state index in [2.05, 4.69) is 26.2 Å². The van der Waals surface area contributed by atoms with Gasteiger partial charge in [0.05, 0.1) is 6.54 Å². The summed E-state index contributed by atoms with van der Waals surface area (Å²) in [4.78, 5) is 6.38. The number of unbranched alkanes of at least 4 members (excludes halogenated alkanes) is 1. The maximum atomic E-state index is 12.1. The quantitative estimate of drug-likeness (QED) is 0.430. The van der Waals surface area contributed by atoms with Crippen LogP contribution in [-0.4, -0.2) is 41.7 Å². The Labute approximate surface area is 143 Å². The van der Waals surface area contributed by atoms with Crippen LogP contribution in [0.15, 0.2) is 21.7 Å². The second-order valence-corrected chi connectivity index (χ2v) is 6.34. The van der Waals surface area contributed by atoms with Crippen molar-refractivity contribution in [1.29, 1.82) is 0 Å². The van der Waals surface area contributed by atoms with E-state index in [0.717, 1.165) is 10.2 Å². The summed E-state index contributed by atoms with van der Waals surface area (Å²) in [6.45, 7) is 3.73. The molecule has 1 heterocycles. The number of aliphatic imine (C=N–C) groups is 1. The summed E-state index contributed by atoms with van der Waals surface area (Å²) >= 11 is 3.44. The van der Waals surface area contributed by atoms with Crippen molar-refractivity contribution >= 4 is 21.9 Å². The van der Waals surface area contributed by atoms with E-state index in [1.54, 1.807) is 0 Å². The molecular weight excluding hydrogens is 373 g/mol. The van der Waals surface area contributed by atoms with Gasteiger partial charge in [-0.2, -0.15) is 13.2 Å². The molecule has 0 unspecified atom stereocenters. The first-order chi connectivity index (χ1) is 10.7. The van der Waals surface area contributed by atoms with E-state index in [0.29, 0.717) is 32.0 Å². The normalized spacial score (nSPS) is 12.6. The summed E-state index contributed by atoms with van der Waals surface area (Å²) in [6.07, 6.45) is -2.31. The van der Waals surface area contributed by atoms with Crippen LogP contribution in [0, 0.1) is 0 Å². The fourth-order valence-electron chi connectivity index (χ4n) is 2.13. The predicted molar refractivity (Wildman–Crippen MR) is 90.5 cm³/mol. The molecule has 0 bridgehead atoms. The molecule has 1 aromatic heterocycles. The number of halogens is 4. The van der Waals surface area contributed by atoms with Gasteiger partial charge in [-0.15, -0.1) is 0 Å². The van der Waals surface area contributed by atoms with Gasteiger partial charge in [0.25, 0.3) is 0 Å². The molecule has 0 aliphatic rings. The van der Waals surface area contributed by atoms with E-state index >= 15 is 0 Å². The lowest BCUT2D eigenvalue weighted by molar-refractivity contribution is -0.135. The first-order valence-electron chi connectivity index (χ1n) is 7.60. The molecule has 0 spiro atoms. The van der Waals surface area contributed by atoms with Crippen LogP contribution in [0.25, 0.3) is 0 Å². The van der Waals surface area contributed by atoms with E-state index in [-0.39, 0.29) is 6.42 Å². The maximum Gasteiger partial charge on any atom is 0.389 e. The number of alkyl halides is 3. The zero-order valence-electron chi connectivity index (χ0n) is 13.8. The zero-order valence-corrected chi connectivity index (χ0v) is 15.3. The molecule has 1 aromatic rings. The number of nitrogens with zero attached hydrogens (tertiary/aromatic N) is 3. The van der Waals surface area contributed by atoms with Crippen LogP contribution in [-0.2, 0) is 13.6 Å². The number of guanidine groups is 1. The molecule has 0 radical (unpaired) electrons. The molecule has 0 amide bonds. The van der Waals surface area contributed by atoms with Crippen LogP contribution in [0.3, 0.4) is 0 Å². The highest BCUT2D eigenvalue weighted by Gasteiger charge is 2.25. The number of hydrogen-bond acceptors (Lipinski definition) is 1. The fraction of sp³-hybridized carbons (Fsp3) is 0.667. The number of rotatable bonds is 7. The van der Waals surface area contributed by atoms with Gasteiger partial charge in [0, 0.05) is 50.0 Å². The van der Waals surface area contributed by atoms with Crippen molar-refractivity contribution in [2.45, 2.75) is 38.9 Å². The molecule has 1 rings (SSSR count). The molecule has 0 aromatic carbocycles. The van der Waals surface area contributed by atoms with Crippen LogP contribution in [0.5, 0.6) is 0 Å². The van der Waals surface area contributed by atoms with E-state index in [1.165, 1.54) is 0 Å². The minimum absolute atomic E-state index is 0.112. The lowest BCUT2D eigenvalue weighted by Crippen LogP contribution is -2.38. The van der Waals surface area contributed by atoms with E-state index < -0.39 is 12.6 Å². The van der Waals surface area contributed by atoms with Crippen molar-refractivity contribution in [3.8, 4) is 0 Å². The molecular formula is C15H24BrF3N4. The summed E-state index contributed by atoms with van der Waals surface area (Å²) < 4.78 is 39.4. The average Bonchev–Trinajstić information content (AvgIpc) is 2.74. The van der Waals surface area contributed by atoms with Crippen molar-refractivity contribution in [3.63, 3.8) is 0 Å². The monoisotopic (exact) mass is 396 g/mol. The maximum absolute atomic E-state index is 12.1. The van der Waals surface area contributed by atoms with Crippen molar-refractivity contribution in [2.24, 2.45) is 12.0 Å². The SMILES string of the molecule is CCNC(=NCCCCC(F)(F)F)N(C)Cc1cc(Br)cn1C. The Kier molecular flexibility index (Phi) is 7.94. The number of nitrogens with one attached hydrogen (secondary N) is 1. The number of aromatic nitrogens is 1. The van der Waals surface area contributed by atoms with Crippen LogP contribution in [0.4, 0.5) is 13.2 Å². The second-order valence-electron chi connectivity index (χ2n) is 5.42. The van der Waals surface area contributed by atoms with Crippen LogP contribution < -0.4 is 5.32 Å². The highest BCUT2D eigenvalue weighted by atomic mass is 79.9. The topological polar surface area (TPSA) is 32.6 Å². The van der Waals surface area contributed by atoms with E-state index in [1.807, 2.05) is 42.7 Å². The Morgan fingerprint density at radius 3 is 2.61 bits per heavy atom. The smallest absolute Gasteiger partial charge is 0.357 e. The molecule has 0 saturated carbocycles. The highest BCUT2D eigenvalue weighted by Crippen LogP contribution is 2.22. The van der Waals surface area contributed by atoms with Gasteiger partial charge in [-0.1, -0.05) is 0 Å². The second kappa shape index (κ2) is 9.20. The van der Waals surface area contributed by atoms with Crippen molar-refractivity contribution in [2.75, 3.05) is 20.1 Å². The molecule has 0 fully saturated rings. The van der Waals surface area contributed by atoms with Crippen molar-refractivity contribution in [3.05, 3.63) is 22.4 Å². The summed E-state index contributed by atoms with van der Waals surface area (Å²) in [5, 5.41) is 3.17. The standard InChI is InChI=1S/C15H24BrF3N4/c1-4-20-14(21-8-6-5-7-15(17,18)19)23(3)11-13-9-12(16)10-22(13)2/h9-10H,4-8,11H2,1-3H3,(H,20,21). The molecule has 8 heteroatoms. The molecule has 4 nitrogen and oxygen atoms in total. The molecule has 0 saturated heterocycles. The summed E-state index contributed by atoms with van der Waals surface area (Å²) in [6, 6.07) is 2.03. The lowest BCUT2D eigenvalue weighted by atomic mass is 10.2. The van der Waals surface area contributed by atoms with Crippen LogP contribution in [0.1, 0.15) is 31.9 Å². The Hall–Kier alpha value is -1.18. The lowest BCUT2D eigenvalue weighted by Gasteiger charge is -2.22. The van der Waals surface area contributed by atoms with Gasteiger partial charge in [0.2, 0.25) is 0 Å². The Morgan fingerprint density at radius 2 is 2.09 bits per heavy atom. The van der Waals surface area contributed by atoms with Gasteiger partial charge < -0.3 is 14.8 Å². The van der Waals surface area contributed by atoms with Crippen molar-refractivity contribution < 1.29 is 13.2 Å². The number of hydrogen-bond donors (Lipinski definition) is 1. The van der Waals surface area contributed by atoms with Gasteiger partial charge >= 0.3 is 6.18 Å². The minimum atomic E-state index is -4.08. The van der Waals surface area contributed by atoms with Crippen LogP contribution >= 0.6 is 15.9 Å². The summed E-state index contributed by atoms with van der Waals surface area (Å²) in [7, 11) is 3.88. The molecule has 0 aliphatic heterocycles. The first-order valence-corrected chi connectivity index (χ1v) is 8.39. The van der Waals surface area contributed by atoms with Gasteiger partial charge in [-0.05, 0) is 41.8 Å². The molecule has 23 heavy (non-hydrogen) atoms.